The van der Waals surface area contributed by atoms with Crippen molar-refractivity contribution in [3.05, 3.63) is 65.3 Å². The molecule has 4 nitrogen and oxygen atoms in total. The van der Waals surface area contributed by atoms with Gasteiger partial charge in [-0.25, -0.2) is 4.98 Å². The molecule has 0 spiro atoms. The third kappa shape index (κ3) is 4.66. The average molecular weight is 377 g/mol. The Labute approximate surface area is 151 Å². The largest absolute Gasteiger partial charge is 0.416 e. The fraction of sp³-hybridized carbons (Fsp3) is 0.167. The van der Waals surface area contributed by atoms with Gasteiger partial charge in [0.1, 0.15) is 0 Å². The van der Waals surface area contributed by atoms with Crippen LogP contribution in [0.15, 0.2) is 54.2 Å². The zero-order valence-corrected chi connectivity index (χ0v) is 14.3. The van der Waals surface area contributed by atoms with Gasteiger partial charge in [0.15, 0.2) is 5.13 Å². The number of aromatic nitrogens is 2. The first-order valence-electron chi connectivity index (χ1n) is 7.74. The number of halogens is 3. The number of anilines is 1. The van der Waals surface area contributed by atoms with Crippen molar-refractivity contribution in [2.75, 3.05) is 5.32 Å². The molecule has 0 aliphatic rings. The Balaban J connectivity index is 1.64. The Morgan fingerprint density at radius 3 is 2.77 bits per heavy atom. The minimum atomic E-state index is -4.41. The number of hydrogen-bond donors (Lipinski definition) is 1. The summed E-state index contributed by atoms with van der Waals surface area (Å²) in [5, 5.41) is 4.65. The molecule has 1 amide bonds. The Kier molecular flexibility index (Phi) is 5.32. The van der Waals surface area contributed by atoms with Crippen molar-refractivity contribution in [3.8, 4) is 11.3 Å². The number of carbonyl (C=O) groups is 1. The molecule has 0 atom stereocenters. The topological polar surface area (TPSA) is 54.9 Å². The molecule has 3 aromatic rings. The van der Waals surface area contributed by atoms with Crippen molar-refractivity contribution in [1.82, 2.24) is 9.97 Å². The van der Waals surface area contributed by atoms with Crippen LogP contribution in [0.2, 0.25) is 0 Å². The van der Waals surface area contributed by atoms with E-state index in [0.29, 0.717) is 22.8 Å². The highest BCUT2D eigenvalue weighted by molar-refractivity contribution is 7.14. The number of benzene rings is 1. The van der Waals surface area contributed by atoms with Gasteiger partial charge in [-0.2, -0.15) is 13.2 Å². The lowest BCUT2D eigenvalue weighted by molar-refractivity contribution is -0.137. The van der Waals surface area contributed by atoms with Crippen LogP contribution in [0, 0.1) is 0 Å². The van der Waals surface area contributed by atoms with Crippen LogP contribution in [-0.2, 0) is 17.4 Å². The van der Waals surface area contributed by atoms with E-state index in [-0.39, 0.29) is 12.3 Å². The van der Waals surface area contributed by atoms with Crippen LogP contribution < -0.4 is 5.32 Å². The summed E-state index contributed by atoms with van der Waals surface area (Å²) in [6.45, 7) is 0. The molecule has 0 aliphatic heterocycles. The molecule has 0 unspecified atom stereocenters. The number of hydrogen-bond acceptors (Lipinski definition) is 4. The summed E-state index contributed by atoms with van der Waals surface area (Å²) in [6.07, 6.45) is -0.234. The summed E-state index contributed by atoms with van der Waals surface area (Å²) in [4.78, 5) is 20.2. The predicted octanol–water partition coefficient (Wildman–Crippen LogP) is 4.80. The highest BCUT2D eigenvalue weighted by Gasteiger charge is 2.30. The minimum Gasteiger partial charge on any atom is -0.302 e. The van der Waals surface area contributed by atoms with Gasteiger partial charge in [0, 0.05) is 29.8 Å². The average Bonchev–Trinajstić information content (AvgIpc) is 3.09. The number of nitrogens with zero attached hydrogens (tertiary/aromatic N) is 2. The lowest BCUT2D eigenvalue weighted by Crippen LogP contribution is -2.12. The number of aryl methyl sites for hydroxylation is 1. The fourth-order valence-electron chi connectivity index (χ4n) is 2.30. The van der Waals surface area contributed by atoms with Crippen LogP contribution in [-0.4, -0.2) is 15.9 Å². The number of amides is 1. The second kappa shape index (κ2) is 7.65. The van der Waals surface area contributed by atoms with Crippen molar-refractivity contribution >= 4 is 22.4 Å². The molecule has 1 aromatic carbocycles. The fourth-order valence-corrected chi connectivity index (χ4v) is 3.04. The van der Waals surface area contributed by atoms with Gasteiger partial charge >= 0.3 is 6.18 Å². The second-order valence-corrected chi connectivity index (χ2v) is 6.38. The summed E-state index contributed by atoms with van der Waals surface area (Å²) in [7, 11) is 0. The summed E-state index contributed by atoms with van der Waals surface area (Å²) in [6, 6.07) is 8.63. The zero-order chi connectivity index (χ0) is 18.6. The molecule has 2 heterocycles. The normalized spacial score (nSPS) is 11.3. The van der Waals surface area contributed by atoms with Crippen LogP contribution in [0.3, 0.4) is 0 Å². The van der Waals surface area contributed by atoms with Crippen LogP contribution in [0.1, 0.15) is 17.5 Å². The summed E-state index contributed by atoms with van der Waals surface area (Å²) >= 11 is 1.17. The number of thiazole rings is 1. The Morgan fingerprint density at radius 1 is 1.19 bits per heavy atom. The lowest BCUT2D eigenvalue weighted by atomic mass is 10.1. The van der Waals surface area contributed by atoms with Gasteiger partial charge in [-0.05, 0) is 30.2 Å². The molecule has 0 saturated heterocycles. The molecule has 26 heavy (non-hydrogen) atoms. The first kappa shape index (κ1) is 18.1. The maximum Gasteiger partial charge on any atom is 0.416 e. The molecule has 134 valence electrons. The van der Waals surface area contributed by atoms with Gasteiger partial charge in [-0.15, -0.1) is 11.3 Å². The summed E-state index contributed by atoms with van der Waals surface area (Å²) < 4.78 is 38.4. The molecule has 0 aliphatic carbocycles. The van der Waals surface area contributed by atoms with Crippen molar-refractivity contribution in [1.29, 1.82) is 0 Å². The maximum atomic E-state index is 12.8. The second-order valence-electron chi connectivity index (χ2n) is 5.53. The van der Waals surface area contributed by atoms with E-state index in [1.165, 1.54) is 17.4 Å². The van der Waals surface area contributed by atoms with Crippen LogP contribution in [0.25, 0.3) is 11.3 Å². The summed E-state index contributed by atoms with van der Waals surface area (Å²) in [5.41, 5.74) is 0.965. The smallest absolute Gasteiger partial charge is 0.302 e. The first-order chi connectivity index (χ1) is 12.4. The van der Waals surface area contributed by atoms with Gasteiger partial charge in [0.05, 0.1) is 11.3 Å². The molecule has 2 aromatic heterocycles. The number of alkyl halides is 3. The number of nitrogens with one attached hydrogen (secondary N) is 1. The van der Waals surface area contributed by atoms with Gasteiger partial charge < -0.3 is 5.32 Å². The van der Waals surface area contributed by atoms with E-state index in [0.717, 1.165) is 17.7 Å². The molecular weight excluding hydrogens is 363 g/mol. The SMILES string of the molecule is O=C(CCc1cccnc1)Nc1nc(-c2cccc(C(F)(F)F)c2)cs1. The third-order valence-corrected chi connectivity index (χ3v) is 4.36. The quantitative estimate of drug-likeness (QED) is 0.695. The van der Waals surface area contributed by atoms with Crippen molar-refractivity contribution in [2.45, 2.75) is 19.0 Å². The Bertz CT molecular complexity index is 894. The molecule has 8 heteroatoms. The van der Waals surface area contributed by atoms with Crippen molar-refractivity contribution < 1.29 is 18.0 Å². The van der Waals surface area contributed by atoms with E-state index in [2.05, 4.69) is 15.3 Å². The maximum absolute atomic E-state index is 12.8. The van der Waals surface area contributed by atoms with Crippen LogP contribution in [0.5, 0.6) is 0 Å². The van der Waals surface area contributed by atoms with Crippen LogP contribution >= 0.6 is 11.3 Å². The number of pyridine rings is 1. The van der Waals surface area contributed by atoms with Crippen molar-refractivity contribution in [3.63, 3.8) is 0 Å². The number of carbonyl (C=O) groups excluding carboxylic acids is 1. The zero-order valence-electron chi connectivity index (χ0n) is 13.5. The minimum absolute atomic E-state index is 0.209. The van der Waals surface area contributed by atoms with Gasteiger partial charge in [0.2, 0.25) is 5.91 Å². The standard InChI is InChI=1S/C18H14F3N3OS/c19-18(20,21)14-5-1-4-13(9-14)15-11-26-17(23-15)24-16(25)7-6-12-3-2-8-22-10-12/h1-5,8-11H,6-7H2,(H,23,24,25). The van der Waals surface area contributed by atoms with Gasteiger partial charge in [-0.3, -0.25) is 9.78 Å². The molecule has 0 radical (unpaired) electrons. The predicted molar refractivity (Wildman–Crippen MR) is 93.7 cm³/mol. The lowest BCUT2D eigenvalue weighted by Gasteiger charge is -2.07. The molecule has 0 saturated carbocycles. The Hall–Kier alpha value is -2.74. The third-order valence-electron chi connectivity index (χ3n) is 3.60. The molecular formula is C18H14F3N3OS. The van der Waals surface area contributed by atoms with Gasteiger partial charge in [0.25, 0.3) is 0 Å². The molecule has 0 bridgehead atoms. The van der Waals surface area contributed by atoms with E-state index in [1.807, 2.05) is 6.07 Å². The number of rotatable bonds is 5. The highest BCUT2D eigenvalue weighted by Crippen LogP contribution is 2.33. The van der Waals surface area contributed by atoms with Crippen molar-refractivity contribution in [2.24, 2.45) is 0 Å². The molecule has 1 N–H and O–H groups in total. The molecule has 3 rings (SSSR count). The molecule has 0 fully saturated rings. The summed E-state index contributed by atoms with van der Waals surface area (Å²) in [5.74, 6) is -0.209. The van der Waals surface area contributed by atoms with E-state index in [9.17, 15) is 18.0 Å². The van der Waals surface area contributed by atoms with E-state index < -0.39 is 11.7 Å². The highest BCUT2D eigenvalue weighted by atomic mass is 32.1. The van der Waals surface area contributed by atoms with Gasteiger partial charge in [-0.1, -0.05) is 18.2 Å². The van der Waals surface area contributed by atoms with Crippen LogP contribution in [0.4, 0.5) is 18.3 Å². The van der Waals surface area contributed by atoms with E-state index in [4.69, 9.17) is 0 Å². The van der Waals surface area contributed by atoms with E-state index in [1.54, 1.807) is 29.9 Å². The monoisotopic (exact) mass is 377 g/mol. The Morgan fingerprint density at radius 2 is 2.04 bits per heavy atom. The first-order valence-corrected chi connectivity index (χ1v) is 8.62. The van der Waals surface area contributed by atoms with E-state index >= 15 is 0 Å².